The van der Waals surface area contributed by atoms with E-state index in [4.69, 9.17) is 5.11 Å². The van der Waals surface area contributed by atoms with Crippen LogP contribution in [0.15, 0.2) is 24.5 Å². The highest BCUT2D eigenvalue weighted by Crippen LogP contribution is 2.08. The molecule has 1 atom stereocenters. The molecule has 16 heavy (non-hydrogen) atoms. The largest absolute Gasteiger partial charge is 0.393 e. The Balaban J connectivity index is 2.09. The molecule has 6 nitrogen and oxygen atoms in total. The van der Waals surface area contributed by atoms with Gasteiger partial charge in [0.25, 0.3) is 0 Å². The second-order valence-corrected chi connectivity index (χ2v) is 3.96. The molecular formula is C10H14N4O2. The van der Waals surface area contributed by atoms with Gasteiger partial charge in [-0.3, -0.25) is 0 Å². The normalized spacial score (nSPS) is 14.9. The van der Waals surface area contributed by atoms with Gasteiger partial charge in [0.1, 0.15) is 11.4 Å². The van der Waals surface area contributed by atoms with Gasteiger partial charge in [0.2, 0.25) is 0 Å². The van der Waals surface area contributed by atoms with Crippen molar-refractivity contribution in [3.63, 3.8) is 0 Å². The van der Waals surface area contributed by atoms with Crippen molar-refractivity contribution in [1.82, 2.24) is 14.6 Å². The summed E-state index contributed by atoms with van der Waals surface area (Å²) >= 11 is 0. The van der Waals surface area contributed by atoms with Gasteiger partial charge in [0, 0.05) is 18.8 Å². The third-order valence-electron chi connectivity index (χ3n) is 2.25. The number of nitrogens with one attached hydrogen (secondary N) is 1. The van der Waals surface area contributed by atoms with E-state index in [-0.39, 0.29) is 13.2 Å². The number of aliphatic hydroxyl groups excluding tert-OH is 1. The van der Waals surface area contributed by atoms with E-state index in [0.717, 1.165) is 5.65 Å². The van der Waals surface area contributed by atoms with E-state index in [1.807, 2.05) is 0 Å². The summed E-state index contributed by atoms with van der Waals surface area (Å²) in [6.45, 7) is 1.49. The summed E-state index contributed by atoms with van der Waals surface area (Å²) in [5.74, 6) is 0.640. The van der Waals surface area contributed by atoms with Crippen molar-refractivity contribution < 1.29 is 10.2 Å². The standard InChI is InChI=1S/C10H14N4O2/c1-10(16,7-15)6-11-8-3-5-14-9(13-8)2-4-12-14/h2-5,15-16H,6-7H2,1H3,(H,11,13). The number of hydrogen-bond acceptors (Lipinski definition) is 5. The maximum absolute atomic E-state index is 9.60. The van der Waals surface area contributed by atoms with Crippen molar-refractivity contribution in [2.24, 2.45) is 0 Å². The van der Waals surface area contributed by atoms with Crippen LogP contribution in [0.2, 0.25) is 0 Å². The fourth-order valence-electron chi connectivity index (χ4n) is 1.25. The Morgan fingerprint density at radius 3 is 3.06 bits per heavy atom. The van der Waals surface area contributed by atoms with Gasteiger partial charge in [-0.25, -0.2) is 9.50 Å². The fraction of sp³-hybridized carbons (Fsp3) is 0.400. The maximum Gasteiger partial charge on any atom is 0.157 e. The molecule has 0 spiro atoms. The van der Waals surface area contributed by atoms with E-state index in [1.54, 1.807) is 36.0 Å². The van der Waals surface area contributed by atoms with Gasteiger partial charge in [-0.1, -0.05) is 0 Å². The fourth-order valence-corrected chi connectivity index (χ4v) is 1.25. The van der Waals surface area contributed by atoms with Crippen LogP contribution in [0.25, 0.3) is 5.65 Å². The summed E-state index contributed by atoms with van der Waals surface area (Å²) in [6.07, 6.45) is 3.44. The molecule has 2 aromatic heterocycles. The average molecular weight is 222 g/mol. The highest BCUT2D eigenvalue weighted by molar-refractivity contribution is 5.45. The molecule has 2 rings (SSSR count). The molecule has 2 heterocycles. The minimum absolute atomic E-state index is 0.237. The molecule has 0 saturated carbocycles. The van der Waals surface area contributed by atoms with Gasteiger partial charge in [0.05, 0.1) is 12.8 Å². The molecule has 3 N–H and O–H groups in total. The highest BCUT2D eigenvalue weighted by Gasteiger charge is 2.18. The average Bonchev–Trinajstić information content (AvgIpc) is 2.73. The van der Waals surface area contributed by atoms with Crippen LogP contribution in [0.1, 0.15) is 6.92 Å². The van der Waals surface area contributed by atoms with Crippen LogP contribution in [-0.4, -0.2) is 43.6 Å². The Labute approximate surface area is 92.6 Å². The van der Waals surface area contributed by atoms with Crippen LogP contribution in [0.4, 0.5) is 5.82 Å². The third-order valence-corrected chi connectivity index (χ3v) is 2.25. The first-order valence-corrected chi connectivity index (χ1v) is 4.98. The first-order chi connectivity index (χ1) is 7.61. The summed E-state index contributed by atoms with van der Waals surface area (Å²) in [7, 11) is 0. The first kappa shape index (κ1) is 10.8. The van der Waals surface area contributed by atoms with Gasteiger partial charge in [-0.05, 0) is 13.0 Å². The number of rotatable bonds is 4. The molecule has 0 saturated heterocycles. The SMILES string of the molecule is CC(O)(CO)CNc1ccn2nccc2n1. The Morgan fingerprint density at radius 2 is 2.31 bits per heavy atom. The minimum atomic E-state index is -1.14. The van der Waals surface area contributed by atoms with E-state index in [9.17, 15) is 5.11 Å². The second kappa shape index (κ2) is 4.07. The second-order valence-electron chi connectivity index (χ2n) is 3.96. The van der Waals surface area contributed by atoms with E-state index in [1.165, 1.54) is 0 Å². The number of aliphatic hydroxyl groups is 2. The number of anilines is 1. The number of fused-ring (bicyclic) bond motifs is 1. The number of nitrogens with zero attached hydrogens (tertiary/aromatic N) is 3. The molecule has 6 heteroatoms. The minimum Gasteiger partial charge on any atom is -0.393 e. The van der Waals surface area contributed by atoms with Crippen LogP contribution in [-0.2, 0) is 0 Å². The van der Waals surface area contributed by atoms with Crippen molar-refractivity contribution in [3.05, 3.63) is 24.5 Å². The molecule has 1 unspecified atom stereocenters. The van der Waals surface area contributed by atoms with E-state index in [2.05, 4.69) is 15.4 Å². The third kappa shape index (κ3) is 2.29. The summed E-state index contributed by atoms with van der Waals surface area (Å²) < 4.78 is 1.65. The zero-order valence-electron chi connectivity index (χ0n) is 8.96. The monoisotopic (exact) mass is 222 g/mol. The van der Waals surface area contributed by atoms with Crippen LogP contribution in [0.5, 0.6) is 0 Å². The summed E-state index contributed by atoms with van der Waals surface area (Å²) in [5, 5.41) is 25.5. The summed E-state index contributed by atoms with van der Waals surface area (Å²) in [4.78, 5) is 4.27. The number of hydrogen-bond donors (Lipinski definition) is 3. The van der Waals surface area contributed by atoms with Crippen molar-refractivity contribution in [2.45, 2.75) is 12.5 Å². The molecule has 2 aromatic rings. The van der Waals surface area contributed by atoms with Crippen molar-refractivity contribution in [2.75, 3.05) is 18.5 Å². The highest BCUT2D eigenvalue weighted by atomic mass is 16.3. The Kier molecular flexibility index (Phi) is 2.76. The predicted molar refractivity (Wildman–Crippen MR) is 59.2 cm³/mol. The zero-order chi connectivity index (χ0) is 11.6. The maximum atomic E-state index is 9.60. The van der Waals surface area contributed by atoms with Crippen molar-refractivity contribution in [1.29, 1.82) is 0 Å². The quantitative estimate of drug-likeness (QED) is 0.672. The summed E-state index contributed by atoms with van der Waals surface area (Å²) in [6, 6.07) is 3.54. The topological polar surface area (TPSA) is 82.7 Å². The molecule has 0 aliphatic carbocycles. The van der Waals surface area contributed by atoms with E-state index >= 15 is 0 Å². The van der Waals surface area contributed by atoms with Crippen LogP contribution < -0.4 is 5.32 Å². The number of aromatic nitrogens is 3. The van der Waals surface area contributed by atoms with Gasteiger partial charge in [-0.2, -0.15) is 5.10 Å². The van der Waals surface area contributed by atoms with Gasteiger partial charge in [0.15, 0.2) is 5.65 Å². The van der Waals surface area contributed by atoms with Gasteiger partial charge < -0.3 is 15.5 Å². The molecule has 0 amide bonds. The van der Waals surface area contributed by atoms with Crippen molar-refractivity contribution >= 4 is 11.5 Å². The van der Waals surface area contributed by atoms with Crippen LogP contribution in [0, 0.1) is 0 Å². The zero-order valence-corrected chi connectivity index (χ0v) is 8.96. The van der Waals surface area contributed by atoms with Crippen molar-refractivity contribution in [3.8, 4) is 0 Å². The van der Waals surface area contributed by atoms with Gasteiger partial charge in [-0.15, -0.1) is 0 Å². The molecule has 0 aliphatic heterocycles. The molecule has 86 valence electrons. The van der Waals surface area contributed by atoms with E-state index in [0.29, 0.717) is 5.82 Å². The molecule has 0 aliphatic rings. The van der Waals surface area contributed by atoms with E-state index < -0.39 is 5.60 Å². The molecule has 0 aromatic carbocycles. The predicted octanol–water partition coefficient (Wildman–Crippen LogP) is -0.116. The van der Waals surface area contributed by atoms with Crippen LogP contribution in [0.3, 0.4) is 0 Å². The Hall–Kier alpha value is -1.66. The molecular weight excluding hydrogens is 208 g/mol. The molecule has 0 radical (unpaired) electrons. The molecule has 0 bridgehead atoms. The molecule has 0 fully saturated rings. The summed E-state index contributed by atoms with van der Waals surface area (Å²) in [5.41, 5.74) is -0.415. The Bertz CT molecular complexity index is 480. The lowest BCUT2D eigenvalue weighted by molar-refractivity contribution is 0.0132. The lowest BCUT2D eigenvalue weighted by atomic mass is 10.1. The van der Waals surface area contributed by atoms with Gasteiger partial charge >= 0.3 is 0 Å². The lowest BCUT2D eigenvalue weighted by Crippen LogP contribution is -2.37. The first-order valence-electron chi connectivity index (χ1n) is 4.98. The lowest BCUT2D eigenvalue weighted by Gasteiger charge is -2.20. The Morgan fingerprint density at radius 1 is 1.50 bits per heavy atom. The van der Waals surface area contributed by atoms with Crippen LogP contribution >= 0.6 is 0 Å². The smallest absolute Gasteiger partial charge is 0.157 e.